The van der Waals surface area contributed by atoms with E-state index in [4.69, 9.17) is 0 Å². The first kappa shape index (κ1) is 15.1. The molecule has 3 unspecified atom stereocenters. The lowest BCUT2D eigenvalue weighted by Gasteiger charge is -2.26. The van der Waals surface area contributed by atoms with Gasteiger partial charge < -0.3 is 15.2 Å². The molecule has 124 valence electrons. The highest BCUT2D eigenvalue weighted by Gasteiger charge is 2.35. The Morgan fingerprint density at radius 1 is 1.29 bits per heavy atom. The van der Waals surface area contributed by atoms with Crippen LogP contribution in [0.3, 0.4) is 0 Å². The standard InChI is InChI=1S/C20H23N3O/c1-3-4-13(2)23-10-8-14-5-6-15(11-18(14)23)17-12-22-20(24)19-16(17)7-9-21-19/h5-13,16,19,21H,3-4H2,1-2H3,(H,22,24). The zero-order valence-electron chi connectivity index (χ0n) is 14.1. The molecule has 4 rings (SSSR count). The number of amides is 1. The fourth-order valence-electron chi connectivity index (χ4n) is 3.88. The summed E-state index contributed by atoms with van der Waals surface area (Å²) < 4.78 is 2.37. The van der Waals surface area contributed by atoms with Crippen LogP contribution < -0.4 is 10.6 Å². The molecule has 2 aromatic rings. The van der Waals surface area contributed by atoms with Crippen molar-refractivity contribution in [1.82, 2.24) is 15.2 Å². The first-order valence-corrected chi connectivity index (χ1v) is 8.73. The molecule has 3 heterocycles. The molecule has 4 nitrogen and oxygen atoms in total. The van der Waals surface area contributed by atoms with Crippen LogP contribution in [0.15, 0.2) is 48.9 Å². The van der Waals surface area contributed by atoms with Crippen molar-refractivity contribution in [3.8, 4) is 0 Å². The lowest BCUT2D eigenvalue weighted by molar-refractivity contribution is -0.122. The van der Waals surface area contributed by atoms with Crippen LogP contribution in [0.4, 0.5) is 0 Å². The highest BCUT2D eigenvalue weighted by atomic mass is 16.2. The van der Waals surface area contributed by atoms with Gasteiger partial charge in [0.25, 0.3) is 0 Å². The maximum Gasteiger partial charge on any atom is 0.247 e. The monoisotopic (exact) mass is 321 g/mol. The Morgan fingerprint density at radius 2 is 2.17 bits per heavy atom. The minimum atomic E-state index is -0.188. The number of nitrogens with one attached hydrogen (secondary N) is 2. The van der Waals surface area contributed by atoms with Crippen molar-refractivity contribution in [3.63, 3.8) is 0 Å². The van der Waals surface area contributed by atoms with E-state index in [9.17, 15) is 4.79 Å². The number of hydrogen-bond donors (Lipinski definition) is 2. The Labute approximate surface area is 142 Å². The van der Waals surface area contributed by atoms with E-state index in [2.05, 4.69) is 65.6 Å². The lowest BCUT2D eigenvalue weighted by Crippen LogP contribution is -2.45. The van der Waals surface area contributed by atoms with Gasteiger partial charge in [0.05, 0.1) is 0 Å². The number of carbonyl (C=O) groups excluding carboxylic acids is 1. The predicted molar refractivity (Wildman–Crippen MR) is 97.2 cm³/mol. The highest BCUT2D eigenvalue weighted by molar-refractivity contribution is 5.93. The Hall–Kier alpha value is -2.49. The van der Waals surface area contributed by atoms with Crippen LogP contribution in [0.25, 0.3) is 16.5 Å². The van der Waals surface area contributed by atoms with E-state index in [0.29, 0.717) is 6.04 Å². The number of aromatic nitrogens is 1. The molecule has 0 radical (unpaired) electrons. The van der Waals surface area contributed by atoms with Crippen molar-refractivity contribution in [1.29, 1.82) is 0 Å². The molecule has 0 aliphatic carbocycles. The highest BCUT2D eigenvalue weighted by Crippen LogP contribution is 2.34. The van der Waals surface area contributed by atoms with Gasteiger partial charge in [0.15, 0.2) is 0 Å². The maximum atomic E-state index is 12.0. The topological polar surface area (TPSA) is 46.1 Å². The fraction of sp³-hybridized carbons (Fsp3) is 0.350. The van der Waals surface area contributed by atoms with Crippen LogP contribution in [0.1, 0.15) is 38.3 Å². The SMILES string of the molecule is CCCC(C)n1ccc2ccc(C3=CNC(=O)C4NC=CC34)cc21. The van der Waals surface area contributed by atoms with E-state index in [1.54, 1.807) is 0 Å². The Bertz CT molecular complexity index is 846. The van der Waals surface area contributed by atoms with Gasteiger partial charge in [-0.05, 0) is 48.2 Å². The summed E-state index contributed by atoms with van der Waals surface area (Å²) in [5.74, 6) is 0.141. The Balaban J connectivity index is 1.76. The van der Waals surface area contributed by atoms with Crippen LogP contribution in [-0.4, -0.2) is 16.5 Å². The van der Waals surface area contributed by atoms with E-state index < -0.39 is 0 Å². The first-order chi connectivity index (χ1) is 11.7. The van der Waals surface area contributed by atoms with Crippen LogP contribution in [0, 0.1) is 5.92 Å². The van der Waals surface area contributed by atoms with Gasteiger partial charge in [-0.3, -0.25) is 4.79 Å². The molecule has 3 atom stereocenters. The first-order valence-electron chi connectivity index (χ1n) is 8.73. The summed E-state index contributed by atoms with van der Waals surface area (Å²) in [5.41, 5.74) is 3.60. The summed E-state index contributed by atoms with van der Waals surface area (Å²) in [6, 6.07) is 9.08. The minimum Gasteiger partial charge on any atom is -0.379 e. The van der Waals surface area contributed by atoms with Crippen LogP contribution in [0.2, 0.25) is 0 Å². The number of hydrogen-bond acceptors (Lipinski definition) is 2. The molecular formula is C20H23N3O. The summed E-state index contributed by atoms with van der Waals surface area (Å²) >= 11 is 0. The lowest BCUT2D eigenvalue weighted by atomic mass is 9.86. The van der Waals surface area contributed by atoms with Gasteiger partial charge >= 0.3 is 0 Å². The molecule has 0 fully saturated rings. The van der Waals surface area contributed by atoms with Crippen molar-refractivity contribution in [2.45, 2.75) is 38.8 Å². The van der Waals surface area contributed by atoms with E-state index in [1.807, 2.05) is 12.4 Å². The van der Waals surface area contributed by atoms with Gasteiger partial charge in [0.1, 0.15) is 6.04 Å². The van der Waals surface area contributed by atoms with Gasteiger partial charge in [-0.1, -0.05) is 31.6 Å². The number of nitrogens with zero attached hydrogens (tertiary/aromatic N) is 1. The Kier molecular flexibility index (Phi) is 3.68. The van der Waals surface area contributed by atoms with E-state index >= 15 is 0 Å². The summed E-state index contributed by atoms with van der Waals surface area (Å²) in [5, 5.41) is 7.30. The van der Waals surface area contributed by atoms with Crippen LogP contribution in [0.5, 0.6) is 0 Å². The van der Waals surface area contributed by atoms with Gasteiger partial charge in [-0.25, -0.2) is 0 Å². The number of benzene rings is 1. The van der Waals surface area contributed by atoms with Crippen LogP contribution >= 0.6 is 0 Å². The summed E-state index contributed by atoms with van der Waals surface area (Å²) in [7, 11) is 0. The van der Waals surface area contributed by atoms with E-state index in [0.717, 1.165) is 0 Å². The summed E-state index contributed by atoms with van der Waals surface area (Å²) in [6.07, 6.45) is 10.4. The summed E-state index contributed by atoms with van der Waals surface area (Å²) in [4.78, 5) is 12.0. The third-order valence-corrected chi connectivity index (χ3v) is 5.19. The molecule has 1 aromatic carbocycles. The van der Waals surface area contributed by atoms with E-state index in [-0.39, 0.29) is 17.9 Å². The Morgan fingerprint density at radius 3 is 3.00 bits per heavy atom. The molecular weight excluding hydrogens is 298 g/mol. The minimum absolute atomic E-state index is 0.0368. The molecule has 4 heteroatoms. The molecule has 24 heavy (non-hydrogen) atoms. The fourth-order valence-corrected chi connectivity index (χ4v) is 3.88. The number of carbonyl (C=O) groups is 1. The maximum absolute atomic E-state index is 12.0. The molecule has 2 aliphatic rings. The molecule has 2 aliphatic heterocycles. The zero-order valence-corrected chi connectivity index (χ0v) is 14.1. The number of rotatable bonds is 4. The molecule has 0 spiro atoms. The average Bonchev–Trinajstić information content (AvgIpc) is 3.22. The second-order valence-corrected chi connectivity index (χ2v) is 6.77. The molecule has 1 aromatic heterocycles. The molecule has 1 amide bonds. The predicted octanol–water partition coefficient (Wildman–Crippen LogP) is 3.57. The van der Waals surface area contributed by atoms with Crippen molar-refractivity contribution < 1.29 is 4.79 Å². The zero-order chi connectivity index (χ0) is 16.7. The molecule has 0 saturated heterocycles. The average molecular weight is 321 g/mol. The quantitative estimate of drug-likeness (QED) is 0.904. The van der Waals surface area contributed by atoms with Crippen LogP contribution in [-0.2, 0) is 4.79 Å². The normalized spacial score (nSPS) is 23.6. The molecule has 0 saturated carbocycles. The molecule has 0 bridgehead atoms. The third kappa shape index (κ3) is 2.33. The number of fused-ring (bicyclic) bond motifs is 2. The second-order valence-electron chi connectivity index (χ2n) is 6.77. The third-order valence-electron chi connectivity index (χ3n) is 5.19. The van der Waals surface area contributed by atoms with Crippen molar-refractivity contribution in [2.24, 2.45) is 5.92 Å². The van der Waals surface area contributed by atoms with Crippen molar-refractivity contribution in [2.75, 3.05) is 0 Å². The van der Waals surface area contributed by atoms with Gasteiger partial charge in [-0.2, -0.15) is 0 Å². The smallest absolute Gasteiger partial charge is 0.247 e. The van der Waals surface area contributed by atoms with Gasteiger partial charge in [0.2, 0.25) is 5.91 Å². The van der Waals surface area contributed by atoms with Gasteiger partial charge in [-0.15, -0.1) is 0 Å². The second kappa shape index (κ2) is 5.86. The summed E-state index contributed by atoms with van der Waals surface area (Å²) in [6.45, 7) is 4.50. The van der Waals surface area contributed by atoms with Crippen molar-refractivity contribution >= 4 is 22.4 Å². The largest absolute Gasteiger partial charge is 0.379 e. The van der Waals surface area contributed by atoms with Gasteiger partial charge in [0, 0.05) is 29.9 Å². The molecule has 2 N–H and O–H groups in total. The van der Waals surface area contributed by atoms with E-state index in [1.165, 1.54) is 34.9 Å². The van der Waals surface area contributed by atoms with Crippen molar-refractivity contribution in [3.05, 3.63) is 54.5 Å².